The van der Waals surface area contributed by atoms with Gasteiger partial charge in [-0.05, 0) is 43.9 Å². The molecule has 1 amide bonds. The van der Waals surface area contributed by atoms with Crippen molar-refractivity contribution >= 4 is 6.09 Å². The largest absolute Gasteiger partial charge is 0.453 e. The molecule has 1 heterocycles. The molecule has 1 saturated carbocycles. The second-order valence-electron chi connectivity index (χ2n) is 5.64. The van der Waals surface area contributed by atoms with Gasteiger partial charge in [0.1, 0.15) is 0 Å². The Bertz CT molecular complexity index is 302. The van der Waals surface area contributed by atoms with Gasteiger partial charge in [-0.1, -0.05) is 0 Å². The Balaban J connectivity index is 1.95. The summed E-state index contributed by atoms with van der Waals surface area (Å²) in [5.41, 5.74) is 0. The van der Waals surface area contributed by atoms with E-state index in [4.69, 9.17) is 9.47 Å². The molecule has 5 heteroatoms. The minimum absolute atomic E-state index is 0.0317. The molecule has 0 aromatic rings. The highest BCUT2D eigenvalue weighted by atomic mass is 16.5. The van der Waals surface area contributed by atoms with Crippen LogP contribution in [0.4, 0.5) is 4.79 Å². The van der Waals surface area contributed by atoms with Crippen molar-refractivity contribution in [1.82, 2.24) is 4.90 Å². The van der Waals surface area contributed by atoms with Crippen LogP contribution in [0.1, 0.15) is 32.1 Å². The number of nitrogens with zero attached hydrogens (tertiary/aromatic N) is 1. The summed E-state index contributed by atoms with van der Waals surface area (Å²) in [4.78, 5) is 13.4. The van der Waals surface area contributed by atoms with E-state index < -0.39 is 0 Å². The van der Waals surface area contributed by atoms with Crippen LogP contribution in [0.25, 0.3) is 0 Å². The van der Waals surface area contributed by atoms with Gasteiger partial charge in [-0.25, -0.2) is 4.79 Å². The molecule has 1 saturated heterocycles. The fourth-order valence-corrected chi connectivity index (χ4v) is 3.76. The van der Waals surface area contributed by atoms with Crippen molar-refractivity contribution in [3.8, 4) is 0 Å². The zero-order valence-corrected chi connectivity index (χ0v) is 11.9. The van der Waals surface area contributed by atoms with Gasteiger partial charge >= 0.3 is 6.09 Å². The Hall–Kier alpha value is -0.810. The lowest BCUT2D eigenvalue weighted by atomic mass is 9.76. The summed E-state index contributed by atoms with van der Waals surface area (Å²) < 4.78 is 10.2. The summed E-state index contributed by atoms with van der Waals surface area (Å²) in [6.45, 7) is 0.733. The summed E-state index contributed by atoms with van der Waals surface area (Å²) >= 11 is 0. The van der Waals surface area contributed by atoms with Gasteiger partial charge in [0.25, 0.3) is 0 Å². The molecule has 0 bridgehead atoms. The van der Waals surface area contributed by atoms with Crippen molar-refractivity contribution in [3.05, 3.63) is 0 Å². The topological polar surface area (TPSA) is 59.0 Å². The maximum absolute atomic E-state index is 11.7. The zero-order chi connectivity index (χ0) is 13.8. The fourth-order valence-electron chi connectivity index (χ4n) is 3.76. The molecule has 2 aliphatic rings. The predicted molar refractivity (Wildman–Crippen MR) is 70.8 cm³/mol. The molecule has 0 aromatic heterocycles. The van der Waals surface area contributed by atoms with Crippen molar-refractivity contribution in [2.45, 2.75) is 44.2 Å². The molecular weight excluding hydrogens is 246 g/mol. The normalized spacial score (nSPS) is 35.4. The van der Waals surface area contributed by atoms with Gasteiger partial charge in [0.05, 0.1) is 25.9 Å². The Morgan fingerprint density at radius 1 is 1.21 bits per heavy atom. The van der Waals surface area contributed by atoms with Crippen molar-refractivity contribution in [2.24, 2.45) is 11.8 Å². The smallest absolute Gasteiger partial charge is 0.409 e. The number of carbonyl (C=O) groups excluding carboxylic acids is 1. The molecule has 0 unspecified atom stereocenters. The van der Waals surface area contributed by atoms with Gasteiger partial charge < -0.3 is 19.5 Å². The maximum atomic E-state index is 11.7. The lowest BCUT2D eigenvalue weighted by molar-refractivity contribution is 0.0342. The second-order valence-corrected chi connectivity index (χ2v) is 5.64. The maximum Gasteiger partial charge on any atom is 0.409 e. The third kappa shape index (κ3) is 3.03. The number of likely N-dealkylation sites (tertiary alicyclic amines) is 1. The molecule has 1 aliphatic heterocycles. The molecule has 19 heavy (non-hydrogen) atoms. The van der Waals surface area contributed by atoms with E-state index in [1.54, 1.807) is 12.0 Å². The first-order chi connectivity index (χ1) is 9.21. The molecule has 1 aliphatic carbocycles. The number of aliphatic hydroxyl groups excluding tert-OH is 1. The van der Waals surface area contributed by atoms with E-state index in [1.165, 1.54) is 7.11 Å². The van der Waals surface area contributed by atoms with Crippen molar-refractivity contribution in [2.75, 3.05) is 27.4 Å². The molecule has 5 nitrogen and oxygen atoms in total. The van der Waals surface area contributed by atoms with E-state index in [-0.39, 0.29) is 18.7 Å². The van der Waals surface area contributed by atoms with Crippen LogP contribution >= 0.6 is 0 Å². The molecular formula is C14H25NO4. The summed E-state index contributed by atoms with van der Waals surface area (Å²) in [5.74, 6) is 1.00. The molecule has 2 atom stereocenters. The third-order valence-electron chi connectivity index (χ3n) is 4.85. The number of hydrogen-bond acceptors (Lipinski definition) is 4. The molecule has 0 radical (unpaired) electrons. The van der Waals surface area contributed by atoms with E-state index in [9.17, 15) is 9.90 Å². The van der Waals surface area contributed by atoms with E-state index >= 15 is 0 Å². The first-order valence-electron chi connectivity index (χ1n) is 7.19. The number of rotatable bonds is 3. The van der Waals surface area contributed by atoms with Gasteiger partial charge in [-0.2, -0.15) is 0 Å². The van der Waals surface area contributed by atoms with Crippen LogP contribution in [0, 0.1) is 11.8 Å². The number of aliphatic hydroxyl groups is 1. The highest BCUT2D eigenvalue weighted by Gasteiger charge is 2.42. The summed E-state index contributed by atoms with van der Waals surface area (Å²) in [7, 11) is 3.17. The van der Waals surface area contributed by atoms with Gasteiger partial charge in [0.2, 0.25) is 0 Å². The minimum atomic E-state index is -0.313. The van der Waals surface area contributed by atoms with Crippen LogP contribution in [0.2, 0.25) is 0 Å². The summed E-state index contributed by atoms with van der Waals surface area (Å²) in [6, 6.07) is -0.0726. The van der Waals surface area contributed by atoms with Crippen LogP contribution < -0.4 is 0 Å². The van der Waals surface area contributed by atoms with Crippen molar-refractivity contribution in [3.63, 3.8) is 0 Å². The number of hydrogen-bond donors (Lipinski definition) is 1. The van der Waals surface area contributed by atoms with Crippen LogP contribution in [-0.4, -0.2) is 55.6 Å². The molecule has 1 N–H and O–H groups in total. The van der Waals surface area contributed by atoms with Crippen molar-refractivity contribution < 1.29 is 19.4 Å². The number of carbonyl (C=O) groups is 1. The van der Waals surface area contributed by atoms with E-state index in [0.29, 0.717) is 24.5 Å². The lowest BCUT2D eigenvalue weighted by Crippen LogP contribution is -2.42. The number of amides is 1. The van der Waals surface area contributed by atoms with Gasteiger partial charge in [0, 0.05) is 13.7 Å². The Morgan fingerprint density at radius 3 is 2.42 bits per heavy atom. The first kappa shape index (κ1) is 14.6. The highest BCUT2D eigenvalue weighted by Crippen LogP contribution is 2.39. The van der Waals surface area contributed by atoms with Gasteiger partial charge in [0.15, 0.2) is 0 Å². The quantitative estimate of drug-likeness (QED) is 0.847. The summed E-state index contributed by atoms with van der Waals surface area (Å²) in [6.07, 6.45) is 5.50. The molecule has 0 spiro atoms. The predicted octanol–water partition coefficient (Wildman–Crippen LogP) is 1.64. The summed E-state index contributed by atoms with van der Waals surface area (Å²) in [5, 5.41) is 9.61. The zero-order valence-electron chi connectivity index (χ0n) is 11.9. The Kier molecular flexibility index (Phi) is 5.05. The lowest BCUT2D eigenvalue weighted by Gasteiger charge is -2.35. The Labute approximate surface area is 114 Å². The highest BCUT2D eigenvalue weighted by molar-refractivity contribution is 5.68. The van der Waals surface area contributed by atoms with Gasteiger partial charge in [-0.15, -0.1) is 0 Å². The number of methoxy groups -OCH3 is 2. The van der Waals surface area contributed by atoms with E-state index in [1.807, 2.05) is 0 Å². The van der Waals surface area contributed by atoms with E-state index in [0.717, 1.165) is 32.1 Å². The molecule has 2 rings (SSSR count). The SMILES string of the molecule is COC(=O)N1CC[C@@H](C2CCC(OC)CC2)[C@H]1CO. The number of ether oxygens (including phenoxy) is 2. The third-order valence-corrected chi connectivity index (χ3v) is 4.85. The van der Waals surface area contributed by atoms with E-state index in [2.05, 4.69) is 0 Å². The monoisotopic (exact) mass is 271 g/mol. The van der Waals surface area contributed by atoms with Crippen LogP contribution in [-0.2, 0) is 9.47 Å². The minimum Gasteiger partial charge on any atom is -0.453 e. The van der Waals surface area contributed by atoms with Crippen LogP contribution in [0.3, 0.4) is 0 Å². The Morgan fingerprint density at radius 2 is 1.89 bits per heavy atom. The molecule has 0 aromatic carbocycles. The average molecular weight is 271 g/mol. The molecule has 2 fully saturated rings. The first-order valence-corrected chi connectivity index (χ1v) is 7.19. The standard InChI is InChI=1S/C14H25NO4/c1-18-11-5-3-10(4-6-11)12-7-8-15(13(12)9-16)14(17)19-2/h10-13,16H,3-9H2,1-2H3/t10?,11?,12-,13+/m0/s1. The molecule has 110 valence electrons. The average Bonchev–Trinajstić information content (AvgIpc) is 2.90. The van der Waals surface area contributed by atoms with Crippen LogP contribution in [0.5, 0.6) is 0 Å². The second kappa shape index (κ2) is 6.57. The van der Waals surface area contributed by atoms with Gasteiger partial charge in [-0.3, -0.25) is 0 Å². The van der Waals surface area contributed by atoms with Crippen molar-refractivity contribution in [1.29, 1.82) is 0 Å². The fraction of sp³-hybridized carbons (Fsp3) is 0.929. The van der Waals surface area contributed by atoms with Crippen LogP contribution in [0.15, 0.2) is 0 Å².